The maximum atomic E-state index is 12.5. The molecule has 1 heterocycles. The first kappa shape index (κ1) is 17.4. The van der Waals surface area contributed by atoms with E-state index >= 15 is 0 Å². The smallest absolute Gasteiger partial charge is 0.272 e. The van der Waals surface area contributed by atoms with Gasteiger partial charge < -0.3 is 10.2 Å². The molecule has 6 heteroatoms. The summed E-state index contributed by atoms with van der Waals surface area (Å²) in [6.45, 7) is 4.52. The Labute approximate surface area is 142 Å². The third-order valence-electron chi connectivity index (χ3n) is 3.56. The minimum Gasteiger partial charge on any atom is -0.340 e. The van der Waals surface area contributed by atoms with Gasteiger partial charge in [-0.15, -0.1) is 0 Å². The average molecular weight is 323 g/mol. The summed E-state index contributed by atoms with van der Waals surface area (Å²) in [5.41, 5.74) is 1.51. The van der Waals surface area contributed by atoms with Gasteiger partial charge in [-0.1, -0.05) is 25.5 Å². The molecule has 124 valence electrons. The first-order valence-electron chi connectivity index (χ1n) is 7.92. The second-order valence-corrected chi connectivity index (χ2v) is 5.55. The zero-order chi connectivity index (χ0) is 17.5. The van der Waals surface area contributed by atoms with Crippen LogP contribution in [0.15, 0.2) is 30.3 Å². The lowest BCUT2D eigenvalue weighted by atomic mass is 10.2. The number of para-hydroxylation sites is 1. The Morgan fingerprint density at radius 2 is 2.08 bits per heavy atom. The number of hydrogen-bond donors (Lipinski definition) is 1. The summed E-state index contributed by atoms with van der Waals surface area (Å²) in [4.78, 5) is 22.7. The summed E-state index contributed by atoms with van der Waals surface area (Å²) in [5.74, 6) is 0.865. The van der Waals surface area contributed by atoms with Gasteiger partial charge in [0.05, 0.1) is 11.3 Å². The molecule has 2 rings (SSSR count). The molecule has 0 spiro atoms. The van der Waals surface area contributed by atoms with E-state index in [1.165, 1.54) is 0 Å². The predicted molar refractivity (Wildman–Crippen MR) is 93.1 cm³/mol. The molecular weight excluding hydrogens is 302 g/mol. The average Bonchev–Trinajstić information content (AvgIpc) is 2.59. The molecule has 0 aliphatic carbocycles. The van der Waals surface area contributed by atoms with Crippen LogP contribution in [0.2, 0.25) is 0 Å². The minimum absolute atomic E-state index is 0.134. The Hall–Kier alpha value is -2.94. The lowest BCUT2D eigenvalue weighted by Gasteiger charge is -2.17. The van der Waals surface area contributed by atoms with Crippen molar-refractivity contribution in [1.29, 1.82) is 5.26 Å². The van der Waals surface area contributed by atoms with Gasteiger partial charge in [0.2, 0.25) is 0 Å². The van der Waals surface area contributed by atoms with Gasteiger partial charge in [0.1, 0.15) is 23.4 Å². The first-order chi connectivity index (χ1) is 11.5. The van der Waals surface area contributed by atoms with Crippen molar-refractivity contribution in [3.05, 3.63) is 47.4 Å². The molecule has 0 saturated heterocycles. The van der Waals surface area contributed by atoms with Crippen LogP contribution in [0.3, 0.4) is 0 Å². The SMILES string of the molecule is CCCCN(C)C(=O)c1cc(Nc2ccccc2C#N)nc(C)n1. The molecule has 2 aromatic rings. The van der Waals surface area contributed by atoms with Crippen molar-refractivity contribution in [2.75, 3.05) is 18.9 Å². The van der Waals surface area contributed by atoms with Crippen molar-refractivity contribution in [3.63, 3.8) is 0 Å². The quantitative estimate of drug-likeness (QED) is 0.882. The fourth-order valence-corrected chi connectivity index (χ4v) is 2.26. The van der Waals surface area contributed by atoms with Crippen LogP contribution in [0.1, 0.15) is 41.6 Å². The number of nitriles is 1. The van der Waals surface area contributed by atoms with E-state index in [0.29, 0.717) is 35.1 Å². The van der Waals surface area contributed by atoms with Gasteiger partial charge in [0, 0.05) is 19.7 Å². The number of carbonyl (C=O) groups excluding carboxylic acids is 1. The van der Waals surface area contributed by atoms with Gasteiger partial charge in [-0.25, -0.2) is 9.97 Å². The molecule has 0 radical (unpaired) electrons. The minimum atomic E-state index is -0.134. The number of unbranched alkanes of at least 4 members (excludes halogenated alkanes) is 1. The van der Waals surface area contributed by atoms with Gasteiger partial charge >= 0.3 is 0 Å². The highest BCUT2D eigenvalue weighted by atomic mass is 16.2. The lowest BCUT2D eigenvalue weighted by molar-refractivity contribution is 0.0787. The number of hydrogen-bond acceptors (Lipinski definition) is 5. The molecule has 24 heavy (non-hydrogen) atoms. The molecule has 1 N–H and O–H groups in total. The Kier molecular flexibility index (Phi) is 5.85. The standard InChI is InChI=1S/C18H21N5O/c1-4-5-10-23(3)18(24)16-11-17(21-13(2)20-16)22-15-9-7-6-8-14(15)12-19/h6-9,11H,4-5,10H2,1-3H3,(H,20,21,22). The van der Waals surface area contributed by atoms with Crippen molar-refractivity contribution < 1.29 is 4.79 Å². The number of benzene rings is 1. The zero-order valence-electron chi connectivity index (χ0n) is 14.2. The van der Waals surface area contributed by atoms with Crippen LogP contribution in [0, 0.1) is 18.3 Å². The van der Waals surface area contributed by atoms with Gasteiger partial charge in [0.25, 0.3) is 5.91 Å². The molecule has 0 atom stereocenters. The molecule has 0 bridgehead atoms. The molecule has 6 nitrogen and oxygen atoms in total. The molecule has 0 saturated carbocycles. The maximum Gasteiger partial charge on any atom is 0.272 e. The Bertz CT molecular complexity index is 766. The van der Waals surface area contributed by atoms with Crippen molar-refractivity contribution in [3.8, 4) is 6.07 Å². The van der Waals surface area contributed by atoms with E-state index in [1.54, 1.807) is 43.1 Å². The van der Waals surface area contributed by atoms with E-state index < -0.39 is 0 Å². The van der Waals surface area contributed by atoms with Crippen molar-refractivity contribution >= 4 is 17.4 Å². The Morgan fingerprint density at radius 1 is 1.33 bits per heavy atom. The van der Waals surface area contributed by atoms with E-state index in [0.717, 1.165) is 12.8 Å². The summed E-state index contributed by atoms with van der Waals surface area (Å²) in [6, 6.07) is 10.9. The highest BCUT2D eigenvalue weighted by Gasteiger charge is 2.15. The summed E-state index contributed by atoms with van der Waals surface area (Å²) in [5, 5.41) is 12.3. The molecule has 0 aliphatic heterocycles. The van der Waals surface area contributed by atoms with Crippen molar-refractivity contribution in [1.82, 2.24) is 14.9 Å². The van der Waals surface area contributed by atoms with Crippen LogP contribution < -0.4 is 5.32 Å². The van der Waals surface area contributed by atoms with Crippen molar-refractivity contribution in [2.45, 2.75) is 26.7 Å². The summed E-state index contributed by atoms with van der Waals surface area (Å²) >= 11 is 0. The van der Waals surface area contributed by atoms with Crippen LogP contribution in [0.25, 0.3) is 0 Å². The number of rotatable bonds is 6. The number of carbonyl (C=O) groups is 1. The Morgan fingerprint density at radius 3 is 2.79 bits per heavy atom. The van der Waals surface area contributed by atoms with Crippen LogP contribution >= 0.6 is 0 Å². The monoisotopic (exact) mass is 323 g/mol. The molecule has 0 aliphatic rings. The number of amides is 1. The maximum absolute atomic E-state index is 12.5. The fourth-order valence-electron chi connectivity index (χ4n) is 2.26. The normalized spacial score (nSPS) is 10.1. The largest absolute Gasteiger partial charge is 0.340 e. The van der Waals surface area contributed by atoms with Gasteiger partial charge in [-0.05, 0) is 25.5 Å². The molecule has 0 unspecified atom stereocenters. The van der Waals surface area contributed by atoms with E-state index in [1.807, 2.05) is 6.07 Å². The predicted octanol–water partition coefficient (Wildman–Crippen LogP) is 3.27. The van der Waals surface area contributed by atoms with Crippen LogP contribution in [-0.4, -0.2) is 34.4 Å². The first-order valence-corrected chi connectivity index (χ1v) is 7.92. The van der Waals surface area contributed by atoms with Crippen molar-refractivity contribution in [2.24, 2.45) is 0 Å². The van der Waals surface area contributed by atoms with Gasteiger partial charge in [-0.2, -0.15) is 5.26 Å². The third kappa shape index (κ3) is 4.29. The number of anilines is 2. The number of aromatic nitrogens is 2. The van der Waals surface area contributed by atoms with Crippen LogP contribution in [0.5, 0.6) is 0 Å². The van der Waals surface area contributed by atoms with E-state index in [4.69, 9.17) is 5.26 Å². The fraction of sp³-hybridized carbons (Fsp3) is 0.333. The molecule has 1 aromatic carbocycles. The molecule has 1 amide bonds. The molecular formula is C18H21N5O. The van der Waals surface area contributed by atoms with E-state index in [9.17, 15) is 4.79 Å². The Balaban J connectivity index is 2.25. The third-order valence-corrected chi connectivity index (χ3v) is 3.56. The molecule has 1 aromatic heterocycles. The summed E-state index contributed by atoms with van der Waals surface area (Å²) in [7, 11) is 1.77. The summed E-state index contributed by atoms with van der Waals surface area (Å²) in [6.07, 6.45) is 1.98. The topological polar surface area (TPSA) is 81.9 Å². The van der Waals surface area contributed by atoms with E-state index in [2.05, 4.69) is 28.3 Å². The molecule has 0 fully saturated rings. The van der Waals surface area contributed by atoms with Gasteiger partial charge in [-0.3, -0.25) is 4.79 Å². The van der Waals surface area contributed by atoms with Gasteiger partial charge in [0.15, 0.2) is 0 Å². The highest BCUT2D eigenvalue weighted by molar-refractivity contribution is 5.93. The van der Waals surface area contributed by atoms with Crippen LogP contribution in [-0.2, 0) is 0 Å². The number of nitrogens with zero attached hydrogens (tertiary/aromatic N) is 4. The lowest BCUT2D eigenvalue weighted by Crippen LogP contribution is -2.28. The van der Waals surface area contributed by atoms with Crippen LogP contribution in [0.4, 0.5) is 11.5 Å². The second kappa shape index (κ2) is 8.06. The number of nitrogens with one attached hydrogen (secondary N) is 1. The van der Waals surface area contributed by atoms with E-state index in [-0.39, 0.29) is 5.91 Å². The number of aryl methyl sites for hydroxylation is 1. The second-order valence-electron chi connectivity index (χ2n) is 5.55. The summed E-state index contributed by atoms with van der Waals surface area (Å²) < 4.78 is 0. The highest BCUT2D eigenvalue weighted by Crippen LogP contribution is 2.19. The zero-order valence-corrected chi connectivity index (χ0v) is 14.2.